The molecule has 0 atom stereocenters. The first-order valence-electron chi connectivity index (χ1n) is 15.1. The fourth-order valence-electron chi connectivity index (χ4n) is 6.15. The summed E-state index contributed by atoms with van der Waals surface area (Å²) < 4.78 is 0. The Morgan fingerprint density at radius 2 is 1.02 bits per heavy atom. The van der Waals surface area contributed by atoms with Gasteiger partial charge >= 0.3 is 0 Å². The van der Waals surface area contributed by atoms with Gasteiger partial charge in [0.15, 0.2) is 5.82 Å². The van der Waals surface area contributed by atoms with Gasteiger partial charge in [0.2, 0.25) is 0 Å². The van der Waals surface area contributed by atoms with E-state index in [-0.39, 0.29) is 0 Å². The zero-order chi connectivity index (χ0) is 30.5. The molecule has 6 heteroatoms. The van der Waals surface area contributed by atoms with Crippen LogP contribution < -0.4 is 0 Å². The molecule has 9 aromatic rings. The van der Waals surface area contributed by atoms with E-state index in [4.69, 9.17) is 9.97 Å². The molecule has 9 rings (SSSR count). The van der Waals surface area contributed by atoms with E-state index in [1.165, 1.54) is 0 Å². The molecule has 5 heterocycles. The summed E-state index contributed by atoms with van der Waals surface area (Å²) in [5.74, 6) is 0.619. The molecule has 0 aliphatic heterocycles. The van der Waals surface area contributed by atoms with Crippen molar-refractivity contribution in [2.45, 2.75) is 0 Å². The highest BCUT2D eigenvalue weighted by atomic mass is 14.9. The first kappa shape index (κ1) is 26.0. The van der Waals surface area contributed by atoms with Crippen LogP contribution in [-0.4, -0.2) is 29.9 Å². The van der Waals surface area contributed by atoms with Gasteiger partial charge in [-0.15, -0.1) is 0 Å². The Kier molecular flexibility index (Phi) is 6.03. The molecular weight excluding hydrogens is 564 g/mol. The van der Waals surface area contributed by atoms with Gasteiger partial charge in [-0.25, -0.2) is 19.9 Å². The van der Waals surface area contributed by atoms with Crippen molar-refractivity contribution < 1.29 is 0 Å². The van der Waals surface area contributed by atoms with Crippen LogP contribution in [0.1, 0.15) is 0 Å². The van der Waals surface area contributed by atoms with Crippen LogP contribution in [0.4, 0.5) is 0 Å². The van der Waals surface area contributed by atoms with E-state index in [9.17, 15) is 0 Å². The lowest BCUT2D eigenvalue weighted by Crippen LogP contribution is -1.91. The summed E-state index contributed by atoms with van der Waals surface area (Å²) in [7, 11) is 0. The number of rotatable bonds is 4. The van der Waals surface area contributed by atoms with Crippen molar-refractivity contribution in [3.63, 3.8) is 0 Å². The average molecular weight is 589 g/mol. The van der Waals surface area contributed by atoms with E-state index in [0.717, 1.165) is 82.8 Å². The van der Waals surface area contributed by atoms with Crippen molar-refractivity contribution in [2.75, 3.05) is 0 Å². The fourth-order valence-corrected chi connectivity index (χ4v) is 6.15. The summed E-state index contributed by atoms with van der Waals surface area (Å²) in [4.78, 5) is 27.8. The van der Waals surface area contributed by atoms with Crippen LogP contribution in [-0.2, 0) is 0 Å². The van der Waals surface area contributed by atoms with Gasteiger partial charge in [0.1, 0.15) is 5.69 Å². The summed E-state index contributed by atoms with van der Waals surface area (Å²) in [5, 5.41) is 4.33. The smallest absolute Gasteiger partial charge is 0.178 e. The van der Waals surface area contributed by atoms with Gasteiger partial charge in [-0.05, 0) is 76.9 Å². The monoisotopic (exact) mass is 588 g/mol. The molecule has 0 fully saturated rings. The molecule has 214 valence electrons. The topological polar surface area (TPSA) is 77.3 Å². The number of aromatic nitrogens is 6. The van der Waals surface area contributed by atoms with Gasteiger partial charge in [-0.2, -0.15) is 0 Å². The first-order valence-corrected chi connectivity index (χ1v) is 15.1. The summed E-state index contributed by atoms with van der Waals surface area (Å²) in [6, 6.07) is 41.8. The SMILES string of the molecule is c1cnc(-c2ccc3ccc(-c4ccc5nc(-c6ccc(-c7cc8cccnc8c8ncccc78)cc6)ccc5c4)cc3n2)nc1. The Hall–Kier alpha value is -6.40. The Balaban J connectivity index is 1.03. The van der Waals surface area contributed by atoms with Crippen LogP contribution in [0, 0.1) is 0 Å². The van der Waals surface area contributed by atoms with E-state index in [0.29, 0.717) is 5.82 Å². The highest BCUT2D eigenvalue weighted by molar-refractivity contribution is 6.10. The molecule has 0 N–H and O–H groups in total. The number of pyridine rings is 4. The van der Waals surface area contributed by atoms with Crippen molar-refractivity contribution in [3.8, 4) is 45.0 Å². The Bertz CT molecular complexity index is 2580. The van der Waals surface area contributed by atoms with Gasteiger partial charge in [-0.1, -0.05) is 66.7 Å². The van der Waals surface area contributed by atoms with E-state index < -0.39 is 0 Å². The van der Waals surface area contributed by atoms with Crippen molar-refractivity contribution in [3.05, 3.63) is 146 Å². The Morgan fingerprint density at radius 1 is 0.370 bits per heavy atom. The minimum absolute atomic E-state index is 0.619. The summed E-state index contributed by atoms with van der Waals surface area (Å²) in [5.41, 5.74) is 10.9. The molecule has 0 saturated heterocycles. The zero-order valence-electron chi connectivity index (χ0n) is 24.5. The number of fused-ring (bicyclic) bond motifs is 5. The highest BCUT2D eigenvalue weighted by Crippen LogP contribution is 2.34. The van der Waals surface area contributed by atoms with Gasteiger partial charge in [-0.3, -0.25) is 9.97 Å². The molecule has 6 nitrogen and oxygen atoms in total. The third-order valence-corrected chi connectivity index (χ3v) is 8.46. The van der Waals surface area contributed by atoms with Crippen LogP contribution in [0.15, 0.2) is 146 Å². The van der Waals surface area contributed by atoms with Crippen LogP contribution in [0.5, 0.6) is 0 Å². The van der Waals surface area contributed by atoms with Gasteiger partial charge in [0.25, 0.3) is 0 Å². The number of hydrogen-bond acceptors (Lipinski definition) is 6. The second-order valence-electron chi connectivity index (χ2n) is 11.3. The van der Waals surface area contributed by atoms with E-state index in [2.05, 4.69) is 117 Å². The van der Waals surface area contributed by atoms with Crippen molar-refractivity contribution in [2.24, 2.45) is 0 Å². The molecule has 0 spiro atoms. The van der Waals surface area contributed by atoms with Crippen LogP contribution in [0.2, 0.25) is 0 Å². The molecule has 0 bridgehead atoms. The number of benzene rings is 4. The number of nitrogens with zero attached hydrogens (tertiary/aromatic N) is 6. The molecular formula is C40H24N6. The quantitative estimate of drug-likeness (QED) is 0.191. The predicted molar refractivity (Wildman–Crippen MR) is 185 cm³/mol. The number of hydrogen-bond donors (Lipinski definition) is 0. The fraction of sp³-hybridized carbons (Fsp3) is 0. The molecule has 0 unspecified atom stereocenters. The van der Waals surface area contributed by atoms with Gasteiger partial charge < -0.3 is 0 Å². The lowest BCUT2D eigenvalue weighted by atomic mass is 9.96. The second-order valence-corrected chi connectivity index (χ2v) is 11.3. The minimum Gasteiger partial charge on any atom is -0.254 e. The van der Waals surface area contributed by atoms with Crippen LogP contribution >= 0.6 is 0 Å². The lowest BCUT2D eigenvalue weighted by Gasteiger charge is -2.11. The third-order valence-electron chi connectivity index (χ3n) is 8.46. The first-order chi connectivity index (χ1) is 22.8. The molecule has 0 saturated carbocycles. The lowest BCUT2D eigenvalue weighted by molar-refractivity contribution is 1.15. The van der Waals surface area contributed by atoms with Crippen LogP contribution in [0.3, 0.4) is 0 Å². The Labute approximate surface area is 264 Å². The van der Waals surface area contributed by atoms with Gasteiger partial charge in [0.05, 0.1) is 27.8 Å². The summed E-state index contributed by atoms with van der Waals surface area (Å²) >= 11 is 0. The average Bonchev–Trinajstić information content (AvgIpc) is 3.14. The molecule has 5 aromatic heterocycles. The largest absolute Gasteiger partial charge is 0.254 e. The highest BCUT2D eigenvalue weighted by Gasteiger charge is 2.12. The molecule has 0 aliphatic carbocycles. The van der Waals surface area contributed by atoms with Crippen molar-refractivity contribution in [1.82, 2.24) is 29.9 Å². The molecule has 46 heavy (non-hydrogen) atoms. The van der Waals surface area contributed by atoms with Crippen molar-refractivity contribution in [1.29, 1.82) is 0 Å². The maximum absolute atomic E-state index is 5.02. The standard InChI is InChI=1S/C40H24N6/c1-4-31-23-33(32-5-2-19-42-39(32)38(31)41-18-1)25-6-8-26(9-7-25)34-16-14-30-22-28(13-15-35(30)45-34)29-11-10-27-12-17-36(46-37(27)24-29)40-43-20-3-21-44-40/h1-24H. The van der Waals surface area contributed by atoms with E-state index >= 15 is 0 Å². The minimum atomic E-state index is 0.619. The normalized spacial score (nSPS) is 11.5. The van der Waals surface area contributed by atoms with E-state index in [1.807, 2.05) is 30.6 Å². The summed E-state index contributed by atoms with van der Waals surface area (Å²) in [6.07, 6.45) is 7.12. The maximum Gasteiger partial charge on any atom is 0.178 e. The zero-order valence-corrected chi connectivity index (χ0v) is 24.5. The summed E-state index contributed by atoms with van der Waals surface area (Å²) in [6.45, 7) is 0. The third kappa shape index (κ3) is 4.52. The van der Waals surface area contributed by atoms with E-state index in [1.54, 1.807) is 18.5 Å². The Morgan fingerprint density at radius 3 is 1.91 bits per heavy atom. The van der Waals surface area contributed by atoms with Crippen LogP contribution in [0.25, 0.3) is 88.6 Å². The molecule has 4 aromatic carbocycles. The molecule has 0 aliphatic rings. The van der Waals surface area contributed by atoms with Gasteiger partial charge in [0, 0.05) is 51.9 Å². The second kappa shape index (κ2) is 10.6. The maximum atomic E-state index is 5.02. The molecule has 0 radical (unpaired) electrons. The predicted octanol–water partition coefficient (Wildman–Crippen LogP) is 9.34. The molecule has 0 amide bonds. The van der Waals surface area contributed by atoms with Crippen molar-refractivity contribution >= 4 is 43.6 Å².